The molecule has 2 N–H and O–H groups in total. The molecule has 3 aromatic carbocycles. The van der Waals surface area contributed by atoms with E-state index in [1.807, 2.05) is 0 Å². The summed E-state index contributed by atoms with van der Waals surface area (Å²) in [7, 11) is -10.3. The lowest BCUT2D eigenvalue weighted by Gasteiger charge is -2.14. The highest BCUT2D eigenvalue weighted by atomic mass is 32.2. The van der Waals surface area contributed by atoms with Crippen molar-refractivity contribution in [3.63, 3.8) is 0 Å². The van der Waals surface area contributed by atoms with Crippen molar-refractivity contribution in [2.24, 2.45) is 0 Å². The van der Waals surface area contributed by atoms with E-state index in [0.717, 1.165) is 6.07 Å². The normalized spacial score (nSPS) is 12.4. The average Bonchev–Trinajstić information content (AvgIpc) is 2.55. The Balaban J connectivity index is 2.69. The molecule has 0 aliphatic rings. The van der Waals surface area contributed by atoms with Crippen molar-refractivity contribution < 1.29 is 30.7 Å². The van der Waals surface area contributed by atoms with Crippen molar-refractivity contribution in [3.8, 4) is 0 Å². The van der Waals surface area contributed by atoms with Gasteiger partial charge in [0.05, 0.1) is 0 Å². The van der Waals surface area contributed by atoms with E-state index >= 15 is 0 Å². The number of Topliss-reactive ketones (excluding diaryl/α,β-unsaturated/α-hetero) is 1. The SMILES string of the molecule is C=C(C)C(=O)c1cc2cc3ccccc3cc2c(S(=O)(=O)O)c1S(=O)(=O)O. The highest BCUT2D eigenvalue weighted by molar-refractivity contribution is 7.89. The number of ketones is 1. The second-order valence-corrected chi connectivity index (χ2v) is 8.78. The third-order valence-electron chi connectivity index (χ3n) is 4.06. The number of benzene rings is 3. The second kappa shape index (κ2) is 6.24. The molecule has 0 atom stereocenters. The van der Waals surface area contributed by atoms with Gasteiger partial charge in [-0.05, 0) is 46.9 Å². The quantitative estimate of drug-likeness (QED) is 0.295. The van der Waals surface area contributed by atoms with Crippen LogP contribution in [0.1, 0.15) is 17.3 Å². The van der Waals surface area contributed by atoms with Crippen molar-refractivity contribution in [1.29, 1.82) is 0 Å². The van der Waals surface area contributed by atoms with Crippen LogP contribution in [-0.4, -0.2) is 31.7 Å². The summed E-state index contributed by atoms with van der Waals surface area (Å²) in [5.74, 6) is -0.873. The van der Waals surface area contributed by atoms with Gasteiger partial charge in [0, 0.05) is 10.9 Å². The van der Waals surface area contributed by atoms with Crippen LogP contribution in [0.2, 0.25) is 0 Å². The molecule has 0 amide bonds. The van der Waals surface area contributed by atoms with Crippen LogP contribution in [-0.2, 0) is 20.2 Å². The molecule has 0 unspecified atom stereocenters. The summed E-state index contributed by atoms with van der Waals surface area (Å²) in [6.07, 6.45) is 0. The minimum Gasteiger partial charge on any atom is -0.289 e. The van der Waals surface area contributed by atoms with Gasteiger partial charge >= 0.3 is 0 Å². The zero-order chi connectivity index (χ0) is 20.1. The number of fused-ring (bicyclic) bond motifs is 2. The Labute approximate surface area is 155 Å². The Hall–Kier alpha value is -2.59. The zero-order valence-electron chi connectivity index (χ0n) is 14.0. The van der Waals surface area contributed by atoms with Gasteiger partial charge in [-0.1, -0.05) is 30.8 Å². The van der Waals surface area contributed by atoms with Gasteiger partial charge in [-0.15, -0.1) is 0 Å². The van der Waals surface area contributed by atoms with Crippen molar-refractivity contribution >= 4 is 47.6 Å². The standard InChI is InChI=1S/C18H14O7S2/c1-10(2)16(19)15-9-13-7-11-5-3-4-6-12(11)8-14(13)17(26(20,21)22)18(15)27(23,24)25/h3-9H,1H2,2H3,(H,20,21,22)(H,23,24,25). The summed E-state index contributed by atoms with van der Waals surface area (Å²) in [4.78, 5) is 10.2. The summed E-state index contributed by atoms with van der Waals surface area (Å²) >= 11 is 0. The summed E-state index contributed by atoms with van der Waals surface area (Å²) in [5, 5.41) is 1.36. The maximum atomic E-state index is 12.4. The molecule has 3 rings (SSSR count). The highest BCUT2D eigenvalue weighted by Gasteiger charge is 2.32. The van der Waals surface area contributed by atoms with Crippen LogP contribution in [0.4, 0.5) is 0 Å². The monoisotopic (exact) mass is 406 g/mol. The summed E-state index contributed by atoms with van der Waals surface area (Å²) in [6.45, 7) is 4.75. The highest BCUT2D eigenvalue weighted by Crippen LogP contribution is 2.36. The van der Waals surface area contributed by atoms with Crippen LogP contribution in [0.25, 0.3) is 21.5 Å². The molecular weight excluding hydrogens is 392 g/mol. The Morgan fingerprint density at radius 3 is 1.85 bits per heavy atom. The lowest BCUT2D eigenvalue weighted by atomic mass is 9.98. The Bertz CT molecular complexity index is 1350. The molecule has 0 heterocycles. The van der Waals surface area contributed by atoms with Crippen molar-refractivity contribution in [2.45, 2.75) is 16.7 Å². The van der Waals surface area contributed by atoms with Gasteiger partial charge in [-0.3, -0.25) is 13.9 Å². The molecule has 0 bridgehead atoms. The number of carbonyl (C=O) groups excluding carboxylic acids is 1. The van der Waals surface area contributed by atoms with Gasteiger partial charge in [0.1, 0.15) is 9.79 Å². The molecule has 0 saturated heterocycles. The van der Waals surface area contributed by atoms with E-state index in [2.05, 4.69) is 6.58 Å². The first-order chi connectivity index (χ1) is 12.4. The van der Waals surface area contributed by atoms with Gasteiger partial charge in [0.15, 0.2) is 5.78 Å². The Kier molecular flexibility index (Phi) is 4.43. The molecule has 0 aromatic heterocycles. The molecule has 9 heteroatoms. The van der Waals surface area contributed by atoms with Crippen LogP contribution < -0.4 is 0 Å². The third kappa shape index (κ3) is 3.37. The van der Waals surface area contributed by atoms with Gasteiger partial charge in [0.2, 0.25) is 0 Å². The zero-order valence-corrected chi connectivity index (χ0v) is 15.6. The fourth-order valence-corrected chi connectivity index (χ4v) is 5.15. The predicted octanol–water partition coefficient (Wildman–Crippen LogP) is 3.25. The lowest BCUT2D eigenvalue weighted by molar-refractivity contribution is 0.103. The number of carbonyl (C=O) groups is 1. The maximum Gasteiger partial charge on any atom is 0.296 e. The molecule has 140 valence electrons. The first-order valence-electron chi connectivity index (χ1n) is 7.56. The van der Waals surface area contributed by atoms with E-state index in [0.29, 0.717) is 10.8 Å². The van der Waals surface area contributed by atoms with Crippen LogP contribution in [0.15, 0.2) is 64.4 Å². The number of hydrogen-bond acceptors (Lipinski definition) is 5. The molecule has 0 radical (unpaired) electrons. The summed E-state index contributed by atoms with van der Waals surface area (Å²) in [5.41, 5.74) is -0.651. The average molecular weight is 406 g/mol. The predicted molar refractivity (Wildman–Crippen MR) is 100 cm³/mol. The first kappa shape index (κ1) is 19.2. The van der Waals surface area contributed by atoms with Gasteiger partial charge in [-0.25, -0.2) is 0 Å². The van der Waals surface area contributed by atoms with Gasteiger partial charge < -0.3 is 0 Å². The molecule has 0 aliphatic carbocycles. The van der Waals surface area contributed by atoms with E-state index in [-0.39, 0.29) is 16.3 Å². The molecule has 27 heavy (non-hydrogen) atoms. The van der Waals surface area contributed by atoms with Crippen LogP contribution in [0.5, 0.6) is 0 Å². The molecule has 0 spiro atoms. The van der Waals surface area contributed by atoms with E-state index in [1.54, 1.807) is 30.3 Å². The van der Waals surface area contributed by atoms with Crippen molar-refractivity contribution in [3.05, 3.63) is 60.2 Å². The van der Waals surface area contributed by atoms with Crippen LogP contribution in [0.3, 0.4) is 0 Å². The fourth-order valence-electron chi connectivity index (χ4n) is 2.95. The number of rotatable bonds is 4. The number of hydrogen-bond donors (Lipinski definition) is 2. The Morgan fingerprint density at radius 2 is 1.37 bits per heavy atom. The molecule has 3 aromatic rings. The maximum absolute atomic E-state index is 12.4. The molecule has 0 fully saturated rings. The minimum absolute atomic E-state index is 0.0682. The molecule has 0 aliphatic heterocycles. The van der Waals surface area contributed by atoms with Crippen LogP contribution >= 0.6 is 0 Å². The summed E-state index contributed by atoms with van der Waals surface area (Å²) in [6, 6.07) is 11.0. The molecular formula is C18H14O7S2. The van der Waals surface area contributed by atoms with E-state index in [1.165, 1.54) is 13.0 Å². The van der Waals surface area contributed by atoms with Crippen LogP contribution in [0, 0.1) is 0 Å². The van der Waals surface area contributed by atoms with Crippen molar-refractivity contribution in [1.82, 2.24) is 0 Å². The van der Waals surface area contributed by atoms with E-state index in [9.17, 15) is 30.7 Å². The first-order valence-corrected chi connectivity index (χ1v) is 10.4. The van der Waals surface area contributed by atoms with Gasteiger partial charge in [-0.2, -0.15) is 16.8 Å². The summed E-state index contributed by atoms with van der Waals surface area (Å²) < 4.78 is 67.3. The van der Waals surface area contributed by atoms with E-state index in [4.69, 9.17) is 0 Å². The van der Waals surface area contributed by atoms with Crippen molar-refractivity contribution in [2.75, 3.05) is 0 Å². The Morgan fingerprint density at radius 1 is 0.852 bits per heavy atom. The van der Waals surface area contributed by atoms with Gasteiger partial charge in [0.25, 0.3) is 20.2 Å². The second-order valence-electron chi connectivity index (χ2n) is 6.06. The smallest absolute Gasteiger partial charge is 0.289 e. The molecule has 7 nitrogen and oxygen atoms in total. The minimum atomic E-state index is -5.17. The van der Waals surface area contributed by atoms with E-state index < -0.39 is 41.4 Å². The topological polar surface area (TPSA) is 126 Å². The third-order valence-corrected chi connectivity index (χ3v) is 6.07. The fraction of sp³-hybridized carbons (Fsp3) is 0.0556. The number of allylic oxidation sites excluding steroid dienone is 1. The lowest BCUT2D eigenvalue weighted by Crippen LogP contribution is -2.15. The largest absolute Gasteiger partial charge is 0.296 e. The molecule has 0 saturated carbocycles.